The standard InChI is InChI=1S/C37H36/c1-6-9-19-33(17-8-3)35-24-26-37(30(5)28-35)36-25-23-31(27-29(36)4)18-12-10-13-20-32(16-7-2)34-21-14-11-15-22-34/h2,6,8-9,11,14-17,19,21-28H,12,18,20H2,1,3-5H3/b9-6-,17-8-,32-16+,33-19+. The maximum atomic E-state index is 5.52. The van der Waals surface area contributed by atoms with Crippen LogP contribution in [0.5, 0.6) is 0 Å². The lowest BCUT2D eigenvalue weighted by Gasteiger charge is -2.13. The van der Waals surface area contributed by atoms with Crippen LogP contribution in [0.3, 0.4) is 0 Å². The first-order chi connectivity index (χ1) is 18.1. The molecule has 0 fully saturated rings. The van der Waals surface area contributed by atoms with Crippen LogP contribution < -0.4 is 0 Å². The second kappa shape index (κ2) is 14.3. The third kappa shape index (κ3) is 7.87. The fourth-order valence-electron chi connectivity index (χ4n) is 4.40. The molecule has 0 amide bonds. The Bertz CT molecular complexity index is 1420. The monoisotopic (exact) mass is 480 g/mol. The van der Waals surface area contributed by atoms with Crippen molar-refractivity contribution in [2.75, 3.05) is 0 Å². The first-order valence-corrected chi connectivity index (χ1v) is 12.9. The highest BCUT2D eigenvalue weighted by Gasteiger charge is 2.08. The van der Waals surface area contributed by atoms with Crippen LogP contribution in [0.2, 0.25) is 0 Å². The summed E-state index contributed by atoms with van der Waals surface area (Å²) in [7, 11) is 0. The Balaban J connectivity index is 1.69. The third-order valence-electron chi connectivity index (χ3n) is 6.30. The molecule has 0 saturated carbocycles. The van der Waals surface area contributed by atoms with Gasteiger partial charge in [0.2, 0.25) is 0 Å². The van der Waals surface area contributed by atoms with Gasteiger partial charge in [-0.15, -0.1) is 12.3 Å². The second-order valence-corrected chi connectivity index (χ2v) is 9.06. The van der Waals surface area contributed by atoms with E-state index in [-0.39, 0.29) is 0 Å². The molecule has 0 atom stereocenters. The van der Waals surface area contributed by atoms with Crippen LogP contribution in [0.1, 0.15) is 54.5 Å². The lowest BCUT2D eigenvalue weighted by Crippen LogP contribution is -1.92. The lowest BCUT2D eigenvalue weighted by atomic mass is 9.91. The molecule has 184 valence electrons. The van der Waals surface area contributed by atoms with Crippen molar-refractivity contribution < 1.29 is 0 Å². The minimum absolute atomic E-state index is 0.668. The number of aryl methyl sites for hydroxylation is 3. The topological polar surface area (TPSA) is 0 Å². The van der Waals surface area contributed by atoms with E-state index < -0.39 is 0 Å². The number of hydrogen-bond acceptors (Lipinski definition) is 0. The van der Waals surface area contributed by atoms with Gasteiger partial charge >= 0.3 is 0 Å². The molecule has 0 spiro atoms. The summed E-state index contributed by atoms with van der Waals surface area (Å²) in [5, 5.41) is 0. The van der Waals surface area contributed by atoms with E-state index >= 15 is 0 Å². The van der Waals surface area contributed by atoms with Gasteiger partial charge in [-0.25, -0.2) is 0 Å². The van der Waals surface area contributed by atoms with E-state index in [4.69, 9.17) is 6.42 Å². The molecule has 0 unspecified atom stereocenters. The average molecular weight is 481 g/mol. The van der Waals surface area contributed by atoms with Gasteiger partial charge in [0.05, 0.1) is 0 Å². The Morgan fingerprint density at radius 3 is 2.19 bits per heavy atom. The van der Waals surface area contributed by atoms with E-state index in [2.05, 4.69) is 117 Å². The van der Waals surface area contributed by atoms with Crippen LogP contribution in [0.25, 0.3) is 22.3 Å². The molecule has 0 heterocycles. The molecule has 0 heteroatoms. The number of rotatable bonds is 8. The maximum absolute atomic E-state index is 5.52. The number of benzene rings is 3. The molecule has 0 saturated heterocycles. The summed E-state index contributed by atoms with van der Waals surface area (Å²) >= 11 is 0. The molecular weight excluding hydrogens is 444 g/mol. The van der Waals surface area contributed by atoms with Gasteiger partial charge in [-0.3, -0.25) is 0 Å². The summed E-state index contributed by atoms with van der Waals surface area (Å²) < 4.78 is 0. The van der Waals surface area contributed by atoms with Crippen molar-refractivity contribution >= 4 is 11.1 Å². The summed E-state index contributed by atoms with van der Waals surface area (Å²) in [4.78, 5) is 0. The Labute approximate surface area is 224 Å². The van der Waals surface area contributed by atoms with E-state index in [0.717, 1.165) is 24.0 Å². The molecule has 3 rings (SSSR count). The molecule has 0 aliphatic carbocycles. The smallest absolute Gasteiger partial charge is 0.0352 e. The number of hydrogen-bond donors (Lipinski definition) is 0. The SMILES string of the molecule is C#C/C=C(\CC#CCCc1ccc(-c2ccc(C(/C=C\C)=C/C=C\C)cc2C)c(C)c1)c1ccccc1. The number of terminal acetylenes is 1. The van der Waals surface area contributed by atoms with E-state index in [9.17, 15) is 0 Å². The normalized spacial score (nSPS) is 12.0. The highest BCUT2D eigenvalue weighted by Crippen LogP contribution is 2.30. The van der Waals surface area contributed by atoms with Crippen LogP contribution >= 0.6 is 0 Å². The van der Waals surface area contributed by atoms with Gasteiger partial charge in [0.1, 0.15) is 0 Å². The summed E-state index contributed by atoms with van der Waals surface area (Å²) in [5.74, 6) is 9.29. The highest BCUT2D eigenvalue weighted by molar-refractivity contribution is 5.79. The van der Waals surface area contributed by atoms with Gasteiger partial charge in [-0.05, 0) is 90.3 Å². The quantitative estimate of drug-likeness (QED) is 0.222. The molecule has 0 nitrogen and oxygen atoms in total. The summed E-state index contributed by atoms with van der Waals surface area (Å²) in [6, 6.07) is 23.8. The Kier molecular flexibility index (Phi) is 10.6. The molecule has 0 aliphatic heterocycles. The molecule has 3 aromatic carbocycles. The van der Waals surface area contributed by atoms with Gasteiger partial charge in [0.15, 0.2) is 0 Å². The average Bonchev–Trinajstić information content (AvgIpc) is 2.91. The molecule has 0 N–H and O–H groups in total. The summed E-state index contributed by atoms with van der Waals surface area (Å²) in [6.45, 7) is 8.49. The Morgan fingerprint density at radius 1 is 0.811 bits per heavy atom. The first kappa shape index (κ1) is 27.3. The van der Waals surface area contributed by atoms with Crippen LogP contribution in [0.15, 0.2) is 103 Å². The Hall–Kier alpha value is -4.26. The molecule has 37 heavy (non-hydrogen) atoms. The van der Waals surface area contributed by atoms with Gasteiger partial charge < -0.3 is 0 Å². The Morgan fingerprint density at radius 2 is 1.54 bits per heavy atom. The third-order valence-corrected chi connectivity index (χ3v) is 6.30. The zero-order valence-electron chi connectivity index (χ0n) is 22.5. The van der Waals surface area contributed by atoms with Gasteiger partial charge in [0.25, 0.3) is 0 Å². The fraction of sp³-hybridized carbons (Fsp3) is 0.189. The minimum atomic E-state index is 0.668. The van der Waals surface area contributed by atoms with E-state index in [1.807, 2.05) is 31.2 Å². The van der Waals surface area contributed by atoms with Crippen LogP contribution in [0, 0.1) is 38.0 Å². The highest BCUT2D eigenvalue weighted by atomic mass is 14.1. The minimum Gasteiger partial charge on any atom is -0.115 e. The van der Waals surface area contributed by atoms with Gasteiger partial charge in [-0.1, -0.05) is 109 Å². The van der Waals surface area contributed by atoms with Crippen molar-refractivity contribution in [2.45, 2.75) is 47.0 Å². The van der Waals surface area contributed by atoms with Crippen molar-refractivity contribution in [3.05, 3.63) is 131 Å². The predicted molar refractivity (Wildman–Crippen MR) is 163 cm³/mol. The number of allylic oxidation sites excluding steroid dienone is 8. The van der Waals surface area contributed by atoms with Crippen LogP contribution in [-0.2, 0) is 6.42 Å². The van der Waals surface area contributed by atoms with E-state index in [1.165, 1.54) is 39.0 Å². The molecule has 0 bridgehead atoms. The molecule has 0 aromatic heterocycles. The lowest BCUT2D eigenvalue weighted by molar-refractivity contribution is 1.02. The van der Waals surface area contributed by atoms with E-state index in [0.29, 0.717) is 6.42 Å². The largest absolute Gasteiger partial charge is 0.115 e. The predicted octanol–water partition coefficient (Wildman–Crippen LogP) is 9.55. The van der Waals surface area contributed by atoms with Crippen LogP contribution in [-0.4, -0.2) is 0 Å². The van der Waals surface area contributed by atoms with Crippen molar-refractivity contribution in [3.8, 4) is 35.3 Å². The first-order valence-electron chi connectivity index (χ1n) is 12.9. The van der Waals surface area contributed by atoms with Crippen molar-refractivity contribution in [2.24, 2.45) is 0 Å². The zero-order chi connectivity index (χ0) is 26.5. The van der Waals surface area contributed by atoms with Gasteiger partial charge in [0, 0.05) is 12.8 Å². The van der Waals surface area contributed by atoms with Gasteiger partial charge in [-0.2, -0.15) is 0 Å². The summed E-state index contributed by atoms with van der Waals surface area (Å²) in [6.07, 6.45) is 20.3. The van der Waals surface area contributed by atoms with Crippen molar-refractivity contribution in [1.82, 2.24) is 0 Å². The fourth-order valence-corrected chi connectivity index (χ4v) is 4.40. The molecule has 0 radical (unpaired) electrons. The molecule has 0 aliphatic rings. The maximum Gasteiger partial charge on any atom is 0.0352 e. The summed E-state index contributed by atoms with van der Waals surface area (Å²) in [5.41, 5.74) is 11.1. The van der Waals surface area contributed by atoms with Crippen LogP contribution in [0.4, 0.5) is 0 Å². The van der Waals surface area contributed by atoms with Crippen molar-refractivity contribution in [3.63, 3.8) is 0 Å². The molecule has 3 aromatic rings. The van der Waals surface area contributed by atoms with Crippen molar-refractivity contribution in [1.29, 1.82) is 0 Å². The van der Waals surface area contributed by atoms with E-state index in [1.54, 1.807) is 0 Å². The second-order valence-electron chi connectivity index (χ2n) is 9.06. The molecular formula is C37H36. The zero-order valence-corrected chi connectivity index (χ0v) is 22.5.